The average molecular weight is 330 g/mol. The van der Waals surface area contributed by atoms with Gasteiger partial charge in [-0.15, -0.1) is 0 Å². The van der Waals surface area contributed by atoms with Gasteiger partial charge in [-0.3, -0.25) is 9.88 Å². The van der Waals surface area contributed by atoms with E-state index in [1.165, 1.54) is 5.56 Å². The molecule has 0 saturated carbocycles. The topological polar surface area (TPSA) is 50.3 Å². The fourth-order valence-electron chi connectivity index (χ4n) is 3.11. The smallest absolute Gasteiger partial charge is 0.151 e. The van der Waals surface area contributed by atoms with Crippen molar-refractivity contribution < 1.29 is 8.42 Å². The maximum absolute atomic E-state index is 11.7. The molecule has 0 bridgehead atoms. The molecular formula is C18H22N2O2S. The first-order valence-electron chi connectivity index (χ1n) is 8.02. The van der Waals surface area contributed by atoms with Gasteiger partial charge in [-0.25, -0.2) is 8.42 Å². The Morgan fingerprint density at radius 1 is 1.17 bits per heavy atom. The van der Waals surface area contributed by atoms with Crippen molar-refractivity contribution in [2.75, 3.05) is 18.1 Å². The minimum absolute atomic E-state index is 0.153. The van der Waals surface area contributed by atoms with E-state index in [2.05, 4.69) is 41.1 Å². The quantitative estimate of drug-likeness (QED) is 0.846. The Morgan fingerprint density at radius 3 is 2.52 bits per heavy atom. The van der Waals surface area contributed by atoms with Gasteiger partial charge in [0.25, 0.3) is 0 Å². The number of nitrogens with zero attached hydrogens (tertiary/aromatic N) is 2. The highest BCUT2D eigenvalue weighted by atomic mass is 32.2. The molecule has 0 radical (unpaired) electrons. The molecule has 1 fully saturated rings. The number of hydrogen-bond acceptors (Lipinski definition) is 4. The lowest BCUT2D eigenvalue weighted by atomic mass is 10.1. The Labute approximate surface area is 138 Å². The van der Waals surface area contributed by atoms with Gasteiger partial charge in [-0.1, -0.05) is 37.3 Å². The van der Waals surface area contributed by atoms with Gasteiger partial charge in [-0.05, 0) is 30.7 Å². The van der Waals surface area contributed by atoms with Crippen molar-refractivity contribution >= 4 is 9.84 Å². The number of aromatic nitrogens is 1. The number of pyridine rings is 1. The predicted octanol–water partition coefficient (Wildman–Crippen LogP) is 2.76. The van der Waals surface area contributed by atoms with Crippen LogP contribution in [-0.2, 0) is 16.4 Å². The SMILES string of the molecule is CCN(Cc1ccc(-c2ccccn2)cc1)[C@H]1CCS(=O)(=O)C1. The monoisotopic (exact) mass is 330 g/mol. The average Bonchev–Trinajstić information content (AvgIpc) is 2.94. The zero-order valence-electron chi connectivity index (χ0n) is 13.4. The van der Waals surface area contributed by atoms with Gasteiger partial charge in [0.1, 0.15) is 0 Å². The maximum Gasteiger partial charge on any atom is 0.151 e. The summed E-state index contributed by atoms with van der Waals surface area (Å²) in [5.41, 5.74) is 3.27. The largest absolute Gasteiger partial charge is 0.295 e. The molecule has 122 valence electrons. The van der Waals surface area contributed by atoms with Gasteiger partial charge < -0.3 is 0 Å². The van der Waals surface area contributed by atoms with Gasteiger partial charge in [0.05, 0.1) is 17.2 Å². The second kappa shape index (κ2) is 6.81. The molecule has 2 aromatic rings. The highest BCUT2D eigenvalue weighted by Gasteiger charge is 2.31. The fourth-order valence-corrected chi connectivity index (χ4v) is 4.87. The van der Waals surface area contributed by atoms with Gasteiger partial charge in [0.2, 0.25) is 0 Å². The summed E-state index contributed by atoms with van der Waals surface area (Å²) < 4.78 is 23.4. The van der Waals surface area contributed by atoms with Crippen molar-refractivity contribution in [3.8, 4) is 11.3 Å². The Bertz CT molecular complexity index is 742. The number of rotatable bonds is 5. The van der Waals surface area contributed by atoms with Gasteiger partial charge in [-0.2, -0.15) is 0 Å². The molecule has 0 N–H and O–H groups in total. The summed E-state index contributed by atoms with van der Waals surface area (Å²) in [6.45, 7) is 3.74. The highest BCUT2D eigenvalue weighted by Crippen LogP contribution is 2.21. The molecular weight excluding hydrogens is 308 g/mol. The van der Waals surface area contributed by atoms with E-state index in [-0.39, 0.29) is 6.04 Å². The van der Waals surface area contributed by atoms with Crippen LogP contribution in [-0.4, -0.2) is 42.4 Å². The lowest BCUT2D eigenvalue weighted by Crippen LogP contribution is -2.35. The fraction of sp³-hybridized carbons (Fsp3) is 0.389. The molecule has 1 aromatic heterocycles. The van der Waals surface area contributed by atoms with Crippen LogP contribution in [0.5, 0.6) is 0 Å². The summed E-state index contributed by atoms with van der Waals surface area (Å²) in [4.78, 5) is 6.62. The van der Waals surface area contributed by atoms with Gasteiger partial charge in [0, 0.05) is 24.3 Å². The van der Waals surface area contributed by atoms with Crippen LogP contribution in [0.15, 0.2) is 48.7 Å². The zero-order chi connectivity index (χ0) is 16.3. The highest BCUT2D eigenvalue weighted by molar-refractivity contribution is 7.91. The molecule has 2 heterocycles. The standard InChI is InChI=1S/C18H22N2O2S/c1-2-20(17-10-12-23(21,22)14-17)13-15-6-8-16(9-7-15)18-5-3-4-11-19-18/h3-9,11,17H,2,10,12-14H2,1H3/t17-/m0/s1. The summed E-state index contributed by atoms with van der Waals surface area (Å²) in [5.74, 6) is 0.625. The minimum atomic E-state index is -2.84. The Morgan fingerprint density at radius 2 is 1.96 bits per heavy atom. The third kappa shape index (κ3) is 3.98. The number of hydrogen-bond donors (Lipinski definition) is 0. The molecule has 4 nitrogen and oxygen atoms in total. The van der Waals surface area contributed by atoms with E-state index in [4.69, 9.17) is 0 Å². The van der Waals surface area contributed by atoms with Crippen LogP contribution in [0.4, 0.5) is 0 Å². The van der Waals surface area contributed by atoms with Crippen molar-refractivity contribution in [1.82, 2.24) is 9.88 Å². The Kier molecular flexibility index (Phi) is 4.78. The Balaban J connectivity index is 1.70. The minimum Gasteiger partial charge on any atom is -0.295 e. The van der Waals surface area contributed by atoms with Crippen LogP contribution in [0.1, 0.15) is 18.9 Å². The van der Waals surface area contributed by atoms with Gasteiger partial charge >= 0.3 is 0 Å². The molecule has 1 aromatic carbocycles. The van der Waals surface area contributed by atoms with Crippen LogP contribution in [0.2, 0.25) is 0 Å². The van der Waals surface area contributed by atoms with E-state index < -0.39 is 9.84 Å². The lowest BCUT2D eigenvalue weighted by Gasteiger charge is -2.26. The van der Waals surface area contributed by atoms with E-state index >= 15 is 0 Å². The number of benzene rings is 1. The van der Waals surface area contributed by atoms with E-state index in [9.17, 15) is 8.42 Å². The van der Waals surface area contributed by atoms with Crippen molar-refractivity contribution in [2.45, 2.75) is 25.9 Å². The molecule has 0 spiro atoms. The van der Waals surface area contributed by atoms with Crippen LogP contribution in [0.25, 0.3) is 11.3 Å². The first-order chi connectivity index (χ1) is 11.1. The van der Waals surface area contributed by atoms with Gasteiger partial charge in [0.15, 0.2) is 9.84 Å². The van der Waals surface area contributed by atoms with Crippen LogP contribution >= 0.6 is 0 Å². The van der Waals surface area contributed by atoms with Crippen molar-refractivity contribution in [1.29, 1.82) is 0 Å². The molecule has 1 aliphatic rings. The molecule has 0 unspecified atom stereocenters. The third-order valence-corrected chi connectivity index (χ3v) is 6.18. The van der Waals surface area contributed by atoms with E-state index in [0.29, 0.717) is 11.5 Å². The van der Waals surface area contributed by atoms with E-state index in [1.54, 1.807) is 6.20 Å². The lowest BCUT2D eigenvalue weighted by molar-refractivity contribution is 0.215. The molecule has 1 atom stereocenters. The van der Waals surface area contributed by atoms with Crippen molar-refractivity contribution in [3.05, 3.63) is 54.2 Å². The summed E-state index contributed by atoms with van der Waals surface area (Å²) >= 11 is 0. The molecule has 1 aliphatic heterocycles. The second-order valence-corrected chi connectivity index (χ2v) is 8.26. The summed E-state index contributed by atoms with van der Waals surface area (Å²) in [5, 5.41) is 0. The van der Waals surface area contributed by atoms with Crippen LogP contribution in [0.3, 0.4) is 0 Å². The number of sulfone groups is 1. The summed E-state index contributed by atoms with van der Waals surface area (Å²) in [6.07, 6.45) is 2.55. The first-order valence-corrected chi connectivity index (χ1v) is 9.84. The Hall–Kier alpha value is -1.72. The van der Waals surface area contributed by atoms with Crippen LogP contribution in [0, 0.1) is 0 Å². The third-order valence-electron chi connectivity index (χ3n) is 4.43. The zero-order valence-corrected chi connectivity index (χ0v) is 14.2. The van der Waals surface area contributed by atoms with Crippen molar-refractivity contribution in [3.63, 3.8) is 0 Å². The molecule has 0 amide bonds. The van der Waals surface area contributed by atoms with Crippen molar-refractivity contribution in [2.24, 2.45) is 0 Å². The normalized spacial score (nSPS) is 20.0. The van der Waals surface area contributed by atoms with E-state index in [0.717, 1.165) is 30.8 Å². The summed E-state index contributed by atoms with van der Waals surface area (Å²) in [7, 11) is -2.84. The first kappa shape index (κ1) is 16.1. The maximum atomic E-state index is 11.7. The predicted molar refractivity (Wildman–Crippen MR) is 92.8 cm³/mol. The van der Waals surface area contributed by atoms with Crippen LogP contribution < -0.4 is 0 Å². The van der Waals surface area contributed by atoms with E-state index in [1.807, 2.05) is 18.2 Å². The molecule has 23 heavy (non-hydrogen) atoms. The molecule has 1 saturated heterocycles. The molecule has 3 rings (SSSR count). The molecule has 5 heteroatoms. The molecule has 0 aliphatic carbocycles. The summed E-state index contributed by atoms with van der Waals surface area (Å²) in [6, 6.07) is 14.4. The second-order valence-electron chi connectivity index (χ2n) is 6.03.